The quantitative estimate of drug-likeness (QED) is 0.623. The Morgan fingerprint density at radius 3 is 2.54 bits per heavy atom. The van der Waals surface area contributed by atoms with Gasteiger partial charge in [-0.25, -0.2) is 0 Å². The summed E-state index contributed by atoms with van der Waals surface area (Å²) in [5, 5.41) is 10.1. The van der Waals surface area contributed by atoms with Gasteiger partial charge in [-0.05, 0) is 36.1 Å². The van der Waals surface area contributed by atoms with Crippen molar-refractivity contribution >= 4 is 11.5 Å². The van der Waals surface area contributed by atoms with Crippen LogP contribution in [0.4, 0.5) is 5.69 Å². The maximum atomic E-state index is 12.4. The number of nitrogens with one attached hydrogen (secondary N) is 2. The van der Waals surface area contributed by atoms with E-state index in [0.29, 0.717) is 18.7 Å². The van der Waals surface area contributed by atoms with Crippen molar-refractivity contribution in [2.45, 2.75) is 25.8 Å². The third-order valence-corrected chi connectivity index (χ3v) is 3.70. The van der Waals surface area contributed by atoms with Gasteiger partial charge in [-0.2, -0.15) is 5.10 Å². The van der Waals surface area contributed by atoms with Gasteiger partial charge in [-0.15, -0.1) is 0 Å². The molecule has 122 valence electrons. The molecule has 3 rings (SSSR count). The van der Waals surface area contributed by atoms with Crippen LogP contribution in [0.3, 0.4) is 0 Å². The molecular formula is C18H19N5O. The predicted octanol–water partition coefficient (Wildman–Crippen LogP) is 3.02. The molecule has 0 unspecified atom stereocenters. The van der Waals surface area contributed by atoms with Gasteiger partial charge < -0.3 is 5.32 Å². The van der Waals surface area contributed by atoms with Gasteiger partial charge in [0.05, 0.1) is 5.69 Å². The summed E-state index contributed by atoms with van der Waals surface area (Å²) >= 11 is 0. The molecule has 3 aromatic heterocycles. The van der Waals surface area contributed by atoms with Crippen molar-refractivity contribution in [2.75, 3.05) is 5.32 Å². The number of hydrogen-bond acceptors (Lipinski definition) is 5. The highest BCUT2D eigenvalue weighted by molar-refractivity contribution is 5.99. The molecule has 3 heterocycles. The number of rotatable bonds is 8. The maximum absolute atomic E-state index is 12.4. The van der Waals surface area contributed by atoms with Gasteiger partial charge in [0.1, 0.15) is 0 Å². The number of H-pyrrole nitrogens is 1. The zero-order chi connectivity index (χ0) is 16.6. The average molecular weight is 321 g/mol. The van der Waals surface area contributed by atoms with Gasteiger partial charge in [0.2, 0.25) is 0 Å². The smallest absolute Gasteiger partial charge is 0.185 e. The Labute approximate surface area is 140 Å². The summed E-state index contributed by atoms with van der Waals surface area (Å²) in [5.74, 6) is 0.0360. The van der Waals surface area contributed by atoms with E-state index in [9.17, 15) is 4.79 Å². The molecule has 0 aliphatic rings. The molecular weight excluding hydrogens is 302 g/mol. The summed E-state index contributed by atoms with van der Waals surface area (Å²) in [5.41, 5.74) is 3.38. The fraction of sp³-hybridized carbons (Fsp3) is 0.222. The predicted molar refractivity (Wildman–Crippen MR) is 91.7 cm³/mol. The largest absolute Gasteiger partial charge is 0.378 e. The lowest BCUT2D eigenvalue weighted by Crippen LogP contribution is -2.07. The molecule has 0 amide bonds. The SMILES string of the molecule is O=C(CCCc1cccnc1)c1n[nH]cc1NCc1cccnc1. The Kier molecular flexibility index (Phi) is 5.29. The molecule has 6 heteroatoms. The lowest BCUT2D eigenvalue weighted by atomic mass is 10.1. The molecule has 0 aliphatic heterocycles. The average Bonchev–Trinajstić information content (AvgIpc) is 3.10. The summed E-state index contributed by atoms with van der Waals surface area (Å²) in [6.07, 6.45) is 10.9. The lowest BCUT2D eigenvalue weighted by Gasteiger charge is -2.06. The molecule has 6 nitrogen and oxygen atoms in total. The molecule has 3 aromatic rings. The van der Waals surface area contributed by atoms with E-state index in [4.69, 9.17) is 0 Å². The minimum atomic E-state index is 0.0360. The molecule has 2 N–H and O–H groups in total. The molecule has 24 heavy (non-hydrogen) atoms. The molecule has 0 saturated heterocycles. The van der Waals surface area contributed by atoms with Crippen LogP contribution < -0.4 is 5.32 Å². The van der Waals surface area contributed by atoms with E-state index in [2.05, 4.69) is 25.5 Å². The Morgan fingerprint density at radius 2 is 1.83 bits per heavy atom. The number of carbonyl (C=O) groups is 1. The minimum absolute atomic E-state index is 0.0360. The number of aryl methyl sites for hydroxylation is 1. The second-order valence-electron chi connectivity index (χ2n) is 5.50. The summed E-state index contributed by atoms with van der Waals surface area (Å²) in [7, 11) is 0. The van der Waals surface area contributed by atoms with Gasteiger partial charge in [0.25, 0.3) is 0 Å². The first-order chi connectivity index (χ1) is 11.8. The normalized spacial score (nSPS) is 10.5. The fourth-order valence-corrected chi connectivity index (χ4v) is 2.45. The Bertz CT molecular complexity index is 770. The molecule has 0 aliphatic carbocycles. The maximum Gasteiger partial charge on any atom is 0.185 e. The van der Waals surface area contributed by atoms with E-state index in [1.807, 2.05) is 30.5 Å². The number of nitrogens with zero attached hydrogens (tertiary/aromatic N) is 3. The van der Waals surface area contributed by atoms with Crippen LogP contribution in [-0.2, 0) is 13.0 Å². The first kappa shape index (κ1) is 15.9. The van der Waals surface area contributed by atoms with Crippen LogP contribution in [0.5, 0.6) is 0 Å². The summed E-state index contributed by atoms with van der Waals surface area (Å²) in [6.45, 7) is 0.601. The number of aromatic amines is 1. The van der Waals surface area contributed by atoms with Crippen LogP contribution in [0, 0.1) is 0 Å². The van der Waals surface area contributed by atoms with Crippen molar-refractivity contribution in [3.63, 3.8) is 0 Å². The van der Waals surface area contributed by atoms with E-state index >= 15 is 0 Å². The number of anilines is 1. The van der Waals surface area contributed by atoms with Crippen molar-refractivity contribution in [3.8, 4) is 0 Å². The third kappa shape index (κ3) is 4.25. The van der Waals surface area contributed by atoms with Crippen LogP contribution in [0.2, 0.25) is 0 Å². The van der Waals surface area contributed by atoms with Gasteiger partial charge in [-0.3, -0.25) is 19.9 Å². The first-order valence-electron chi connectivity index (χ1n) is 7.91. The Morgan fingerprint density at radius 1 is 1.08 bits per heavy atom. The van der Waals surface area contributed by atoms with Gasteiger partial charge in [0.15, 0.2) is 11.5 Å². The van der Waals surface area contributed by atoms with Crippen molar-refractivity contribution < 1.29 is 4.79 Å². The van der Waals surface area contributed by atoms with Crippen molar-refractivity contribution in [1.82, 2.24) is 20.2 Å². The Hall–Kier alpha value is -3.02. The lowest BCUT2D eigenvalue weighted by molar-refractivity contribution is 0.0976. The first-order valence-corrected chi connectivity index (χ1v) is 7.91. The number of carbonyl (C=O) groups excluding carboxylic acids is 1. The summed E-state index contributed by atoms with van der Waals surface area (Å²) < 4.78 is 0. The summed E-state index contributed by atoms with van der Waals surface area (Å²) in [6, 6.07) is 7.80. The Balaban J connectivity index is 1.53. The topological polar surface area (TPSA) is 83.6 Å². The number of hydrogen-bond donors (Lipinski definition) is 2. The fourth-order valence-electron chi connectivity index (χ4n) is 2.45. The molecule has 0 fully saturated rings. The van der Waals surface area contributed by atoms with Crippen molar-refractivity contribution in [1.29, 1.82) is 0 Å². The van der Waals surface area contributed by atoms with E-state index in [1.165, 1.54) is 0 Å². The highest BCUT2D eigenvalue weighted by Crippen LogP contribution is 2.16. The van der Waals surface area contributed by atoms with E-state index in [0.717, 1.165) is 29.7 Å². The number of ketones is 1. The van der Waals surface area contributed by atoms with E-state index in [1.54, 1.807) is 24.8 Å². The van der Waals surface area contributed by atoms with E-state index in [-0.39, 0.29) is 5.78 Å². The molecule has 0 spiro atoms. The zero-order valence-electron chi connectivity index (χ0n) is 13.3. The van der Waals surface area contributed by atoms with Gasteiger partial charge >= 0.3 is 0 Å². The standard InChI is InChI=1S/C18H19N5O/c24-17(7-1-4-14-5-2-8-19-10-14)18-16(13-22-23-18)21-12-15-6-3-9-20-11-15/h2-3,5-6,8-11,13,21H,1,4,7,12H2,(H,22,23). The third-order valence-electron chi connectivity index (χ3n) is 3.70. The van der Waals surface area contributed by atoms with Crippen LogP contribution in [-0.4, -0.2) is 25.9 Å². The summed E-state index contributed by atoms with van der Waals surface area (Å²) in [4.78, 5) is 20.5. The number of pyridine rings is 2. The van der Waals surface area contributed by atoms with Gasteiger partial charge in [-0.1, -0.05) is 12.1 Å². The van der Waals surface area contributed by atoms with Crippen LogP contribution in [0.15, 0.2) is 55.2 Å². The number of aromatic nitrogens is 4. The molecule has 0 radical (unpaired) electrons. The van der Waals surface area contributed by atoms with Crippen LogP contribution in [0.25, 0.3) is 0 Å². The molecule has 0 saturated carbocycles. The highest BCUT2D eigenvalue weighted by atomic mass is 16.1. The molecule has 0 atom stereocenters. The van der Waals surface area contributed by atoms with Gasteiger partial charge in [0, 0.05) is 43.9 Å². The monoisotopic (exact) mass is 321 g/mol. The van der Waals surface area contributed by atoms with Crippen molar-refractivity contribution in [3.05, 3.63) is 72.1 Å². The zero-order valence-corrected chi connectivity index (χ0v) is 13.3. The highest BCUT2D eigenvalue weighted by Gasteiger charge is 2.14. The van der Waals surface area contributed by atoms with Crippen LogP contribution >= 0.6 is 0 Å². The van der Waals surface area contributed by atoms with Crippen molar-refractivity contribution in [2.24, 2.45) is 0 Å². The minimum Gasteiger partial charge on any atom is -0.378 e. The second-order valence-corrected chi connectivity index (χ2v) is 5.50. The van der Waals surface area contributed by atoms with E-state index < -0.39 is 0 Å². The second kappa shape index (κ2) is 8.01. The molecule has 0 bridgehead atoms. The number of Topliss-reactive ketones (excluding diaryl/α,β-unsaturated/α-hetero) is 1. The molecule has 0 aromatic carbocycles. The van der Waals surface area contributed by atoms with Crippen LogP contribution in [0.1, 0.15) is 34.5 Å².